The number of benzene rings is 2. The first-order valence-electron chi connectivity index (χ1n) is 8.51. The Morgan fingerprint density at radius 1 is 0.958 bits per heavy atom. The summed E-state index contributed by atoms with van der Waals surface area (Å²) in [5, 5.41) is 2.70. The molecule has 0 fully saturated rings. The summed E-state index contributed by atoms with van der Waals surface area (Å²) in [6.45, 7) is 9.15. The van der Waals surface area contributed by atoms with Crippen molar-refractivity contribution in [2.75, 3.05) is 0 Å². The molecule has 0 bridgehead atoms. The molecule has 0 saturated carbocycles. The first kappa shape index (κ1) is 19.4. The van der Waals surface area contributed by atoms with Crippen molar-refractivity contribution in [3.8, 4) is 0 Å². The fourth-order valence-corrected chi connectivity index (χ4v) is 8.44. The van der Waals surface area contributed by atoms with Crippen LogP contribution in [0.4, 0.5) is 0 Å². The molecule has 0 N–H and O–H groups in total. The standard InChI is InChI=1S/C21H27IOSi/c1-5-18(16-17-22)23-24(21(2,3)4,19-12-8-6-9-13-19)20-14-10-7-11-15-20/h6-18H,5H2,1-4H3/b17-16+/t18-/m0/s1. The molecule has 1 nitrogen and oxygen atoms in total. The van der Waals surface area contributed by atoms with Gasteiger partial charge in [0.1, 0.15) is 0 Å². The third kappa shape index (κ3) is 4.01. The van der Waals surface area contributed by atoms with Gasteiger partial charge in [-0.05, 0) is 25.9 Å². The Bertz CT molecular complexity index is 607. The van der Waals surface area contributed by atoms with Gasteiger partial charge in [-0.1, -0.05) is 117 Å². The molecule has 0 saturated heterocycles. The van der Waals surface area contributed by atoms with Crippen LogP contribution in [0.2, 0.25) is 5.04 Å². The second kappa shape index (κ2) is 8.45. The van der Waals surface area contributed by atoms with Gasteiger partial charge in [0, 0.05) is 0 Å². The zero-order chi connectivity index (χ0) is 17.6. The highest BCUT2D eigenvalue weighted by Crippen LogP contribution is 2.37. The van der Waals surface area contributed by atoms with Gasteiger partial charge in [-0.15, -0.1) is 0 Å². The van der Waals surface area contributed by atoms with Gasteiger partial charge >= 0.3 is 0 Å². The maximum Gasteiger partial charge on any atom is 0.261 e. The van der Waals surface area contributed by atoms with Crippen molar-refractivity contribution >= 4 is 41.3 Å². The molecule has 0 amide bonds. The molecular formula is C21H27IOSi. The Morgan fingerprint density at radius 3 is 1.75 bits per heavy atom. The second-order valence-corrected chi connectivity index (χ2v) is 12.0. The first-order chi connectivity index (χ1) is 11.5. The van der Waals surface area contributed by atoms with Crippen molar-refractivity contribution in [3.05, 3.63) is 70.8 Å². The molecule has 0 aromatic heterocycles. The highest BCUT2D eigenvalue weighted by Gasteiger charge is 2.50. The summed E-state index contributed by atoms with van der Waals surface area (Å²) in [6.07, 6.45) is 3.29. The molecule has 128 valence electrons. The molecule has 0 unspecified atom stereocenters. The van der Waals surface area contributed by atoms with Crippen LogP contribution in [0.15, 0.2) is 70.8 Å². The zero-order valence-electron chi connectivity index (χ0n) is 15.0. The molecule has 0 heterocycles. The fraction of sp³-hybridized carbons (Fsp3) is 0.333. The maximum absolute atomic E-state index is 7.01. The molecule has 24 heavy (non-hydrogen) atoms. The van der Waals surface area contributed by atoms with Gasteiger partial charge in [0.05, 0.1) is 6.10 Å². The van der Waals surface area contributed by atoms with E-state index in [1.54, 1.807) is 0 Å². The third-order valence-corrected chi connectivity index (χ3v) is 9.91. The molecule has 0 radical (unpaired) electrons. The lowest BCUT2D eigenvalue weighted by Gasteiger charge is -2.44. The number of hydrogen-bond donors (Lipinski definition) is 0. The van der Waals surface area contributed by atoms with Crippen LogP contribution >= 0.6 is 22.6 Å². The molecule has 2 rings (SSSR count). The minimum atomic E-state index is -2.43. The molecule has 2 aromatic carbocycles. The van der Waals surface area contributed by atoms with E-state index < -0.39 is 8.32 Å². The zero-order valence-corrected chi connectivity index (χ0v) is 18.2. The third-order valence-electron chi connectivity index (χ3n) is 4.43. The van der Waals surface area contributed by atoms with E-state index in [1.165, 1.54) is 10.4 Å². The van der Waals surface area contributed by atoms with Crippen molar-refractivity contribution in [1.29, 1.82) is 0 Å². The molecule has 1 atom stereocenters. The van der Waals surface area contributed by atoms with Crippen molar-refractivity contribution in [3.63, 3.8) is 0 Å². The first-order valence-corrected chi connectivity index (χ1v) is 11.7. The summed E-state index contributed by atoms with van der Waals surface area (Å²) in [4.78, 5) is 0. The van der Waals surface area contributed by atoms with E-state index >= 15 is 0 Å². The quantitative estimate of drug-likeness (QED) is 0.429. The monoisotopic (exact) mass is 450 g/mol. The lowest BCUT2D eigenvalue weighted by atomic mass is 10.2. The topological polar surface area (TPSA) is 9.23 Å². The fourth-order valence-electron chi connectivity index (χ4n) is 3.26. The Hall–Kier alpha value is -0.913. The summed E-state index contributed by atoms with van der Waals surface area (Å²) in [5.41, 5.74) is 0. The molecule has 0 aliphatic rings. The molecule has 0 aliphatic carbocycles. The van der Waals surface area contributed by atoms with E-state index in [4.69, 9.17) is 4.43 Å². The van der Waals surface area contributed by atoms with E-state index in [0.29, 0.717) is 0 Å². The van der Waals surface area contributed by atoms with Crippen LogP contribution in [-0.2, 0) is 4.43 Å². The predicted octanol–water partition coefficient (Wildman–Crippen LogP) is 5.29. The lowest BCUT2D eigenvalue weighted by Crippen LogP contribution is -2.67. The smallest absolute Gasteiger partial charge is 0.261 e. The largest absolute Gasteiger partial charge is 0.401 e. The number of rotatable bonds is 6. The minimum Gasteiger partial charge on any atom is -0.401 e. The van der Waals surface area contributed by atoms with E-state index in [9.17, 15) is 0 Å². The summed E-state index contributed by atoms with van der Waals surface area (Å²) < 4.78 is 9.08. The van der Waals surface area contributed by atoms with Crippen molar-refractivity contribution < 1.29 is 4.43 Å². The van der Waals surface area contributed by atoms with E-state index in [-0.39, 0.29) is 11.1 Å². The van der Waals surface area contributed by atoms with Gasteiger partial charge < -0.3 is 4.43 Å². The number of halogens is 1. The van der Waals surface area contributed by atoms with Gasteiger partial charge in [0.15, 0.2) is 0 Å². The number of hydrogen-bond acceptors (Lipinski definition) is 1. The lowest BCUT2D eigenvalue weighted by molar-refractivity contribution is 0.229. The Morgan fingerprint density at radius 2 is 1.42 bits per heavy atom. The van der Waals surface area contributed by atoms with E-state index in [1.807, 2.05) is 0 Å². The van der Waals surface area contributed by atoms with Gasteiger partial charge in [-0.3, -0.25) is 0 Å². The Balaban J connectivity index is 2.70. The van der Waals surface area contributed by atoms with Gasteiger partial charge in [-0.2, -0.15) is 0 Å². The van der Waals surface area contributed by atoms with E-state index in [2.05, 4.69) is 121 Å². The summed E-state index contributed by atoms with van der Waals surface area (Å²) >= 11 is 2.28. The van der Waals surface area contributed by atoms with Crippen LogP contribution in [0.5, 0.6) is 0 Å². The Labute approximate surface area is 161 Å². The Kier molecular flexibility index (Phi) is 6.84. The van der Waals surface area contributed by atoms with Crippen LogP contribution in [0.25, 0.3) is 0 Å². The molecular weight excluding hydrogens is 423 g/mol. The predicted molar refractivity (Wildman–Crippen MR) is 116 cm³/mol. The molecule has 2 aromatic rings. The molecule has 0 aliphatic heterocycles. The van der Waals surface area contributed by atoms with Gasteiger partial charge in [0.25, 0.3) is 8.32 Å². The average molecular weight is 450 g/mol. The summed E-state index contributed by atoms with van der Waals surface area (Å²) in [6, 6.07) is 21.6. The van der Waals surface area contributed by atoms with Crippen LogP contribution in [-0.4, -0.2) is 14.4 Å². The normalized spacial score (nSPS) is 14.0. The van der Waals surface area contributed by atoms with Crippen LogP contribution in [0.1, 0.15) is 34.1 Å². The maximum atomic E-state index is 7.01. The van der Waals surface area contributed by atoms with Crippen LogP contribution in [0.3, 0.4) is 0 Å². The van der Waals surface area contributed by atoms with E-state index in [0.717, 1.165) is 6.42 Å². The van der Waals surface area contributed by atoms with Crippen molar-refractivity contribution in [2.24, 2.45) is 0 Å². The minimum absolute atomic E-state index is 0.0300. The molecule has 0 spiro atoms. The highest BCUT2D eigenvalue weighted by molar-refractivity contribution is 14.1. The summed E-state index contributed by atoms with van der Waals surface area (Å²) in [7, 11) is -2.43. The van der Waals surface area contributed by atoms with Gasteiger partial charge in [-0.25, -0.2) is 0 Å². The van der Waals surface area contributed by atoms with Crippen molar-refractivity contribution in [2.45, 2.75) is 45.3 Å². The average Bonchev–Trinajstić information content (AvgIpc) is 2.59. The summed E-state index contributed by atoms with van der Waals surface area (Å²) in [5.74, 6) is 0. The second-order valence-electron chi connectivity index (χ2n) is 7.05. The van der Waals surface area contributed by atoms with Crippen LogP contribution in [0, 0.1) is 0 Å². The van der Waals surface area contributed by atoms with Gasteiger partial charge in [0.2, 0.25) is 0 Å². The molecule has 3 heteroatoms. The van der Waals surface area contributed by atoms with Crippen LogP contribution < -0.4 is 10.4 Å². The SMILES string of the molecule is CC[C@@H](/C=C/I)O[Si](c1ccccc1)(c1ccccc1)C(C)(C)C. The highest BCUT2D eigenvalue weighted by atomic mass is 127. The van der Waals surface area contributed by atoms with Crippen molar-refractivity contribution in [1.82, 2.24) is 0 Å².